The number of piperazine rings is 1. The summed E-state index contributed by atoms with van der Waals surface area (Å²) >= 11 is 0. The number of benzene rings is 1. The van der Waals surface area contributed by atoms with Gasteiger partial charge in [0.15, 0.2) is 11.7 Å². The van der Waals surface area contributed by atoms with Crippen molar-refractivity contribution in [2.24, 2.45) is 4.99 Å². The molecule has 0 atom stereocenters. The Bertz CT molecular complexity index is 777. The molecule has 1 N–H and O–H groups in total. The average molecular weight is 502 g/mol. The molecule has 0 unspecified atom stereocenters. The van der Waals surface area contributed by atoms with E-state index in [1.54, 1.807) is 36.2 Å². The van der Waals surface area contributed by atoms with Gasteiger partial charge < -0.3 is 24.3 Å². The third-order valence-electron chi connectivity index (χ3n) is 4.26. The van der Waals surface area contributed by atoms with Crippen LogP contribution in [0.4, 0.5) is 4.39 Å². The van der Waals surface area contributed by atoms with Crippen LogP contribution in [-0.4, -0.2) is 68.0 Å². The second kappa shape index (κ2) is 10.9. The summed E-state index contributed by atoms with van der Waals surface area (Å²) in [6.07, 6.45) is 1.50. The van der Waals surface area contributed by atoms with Crippen molar-refractivity contribution in [1.29, 1.82) is 0 Å². The Hall–Kier alpha value is -2.30. The molecule has 0 bridgehead atoms. The maximum Gasteiger partial charge on any atom is 0.289 e. The van der Waals surface area contributed by atoms with Crippen LogP contribution in [0.15, 0.2) is 52.1 Å². The summed E-state index contributed by atoms with van der Waals surface area (Å²) in [7, 11) is 1.72. The number of nitrogens with one attached hydrogen (secondary N) is 1. The predicted molar refractivity (Wildman–Crippen MR) is 115 cm³/mol. The van der Waals surface area contributed by atoms with Crippen LogP contribution in [0.5, 0.6) is 5.75 Å². The zero-order valence-electron chi connectivity index (χ0n) is 15.6. The molecule has 9 heteroatoms. The standard InChI is InChI=1S/C19H23FN4O3.HI/c1-21-19(22-7-13-26-16-5-2-4-15(20)14-16)24-10-8-23(9-11-24)18(25)17-6-3-12-27-17;/h2-6,12,14H,7-11,13H2,1H3,(H,21,22);1H. The molecule has 0 radical (unpaired) electrons. The van der Waals surface area contributed by atoms with E-state index in [0.717, 1.165) is 5.96 Å². The van der Waals surface area contributed by atoms with Crippen molar-refractivity contribution in [1.82, 2.24) is 15.1 Å². The van der Waals surface area contributed by atoms with Crippen molar-refractivity contribution in [3.05, 3.63) is 54.2 Å². The Morgan fingerprint density at radius 3 is 2.61 bits per heavy atom. The van der Waals surface area contributed by atoms with Crippen LogP contribution in [0.1, 0.15) is 10.6 Å². The van der Waals surface area contributed by atoms with Gasteiger partial charge in [-0.1, -0.05) is 6.07 Å². The number of amides is 1. The van der Waals surface area contributed by atoms with Crippen molar-refractivity contribution >= 4 is 35.8 Å². The van der Waals surface area contributed by atoms with E-state index in [1.807, 2.05) is 0 Å². The summed E-state index contributed by atoms with van der Waals surface area (Å²) < 4.78 is 23.8. The molecule has 0 aliphatic carbocycles. The van der Waals surface area contributed by atoms with E-state index >= 15 is 0 Å². The summed E-state index contributed by atoms with van der Waals surface area (Å²) in [5.41, 5.74) is 0. The molecular weight excluding hydrogens is 478 g/mol. The second-order valence-electron chi connectivity index (χ2n) is 6.04. The minimum absolute atomic E-state index is 0. The van der Waals surface area contributed by atoms with Gasteiger partial charge in [-0.25, -0.2) is 4.39 Å². The topological polar surface area (TPSA) is 70.3 Å². The second-order valence-corrected chi connectivity index (χ2v) is 6.04. The lowest BCUT2D eigenvalue weighted by Crippen LogP contribution is -2.54. The number of hydrogen-bond acceptors (Lipinski definition) is 4. The summed E-state index contributed by atoms with van der Waals surface area (Å²) in [5.74, 6) is 1.20. The van der Waals surface area contributed by atoms with Crippen molar-refractivity contribution in [3.63, 3.8) is 0 Å². The van der Waals surface area contributed by atoms with Crippen molar-refractivity contribution in [2.75, 3.05) is 46.4 Å². The van der Waals surface area contributed by atoms with Crippen LogP contribution < -0.4 is 10.1 Å². The maximum atomic E-state index is 13.1. The lowest BCUT2D eigenvalue weighted by atomic mass is 10.3. The Morgan fingerprint density at radius 1 is 1.21 bits per heavy atom. The van der Waals surface area contributed by atoms with E-state index in [4.69, 9.17) is 9.15 Å². The van der Waals surface area contributed by atoms with Crippen LogP contribution >= 0.6 is 24.0 Å². The van der Waals surface area contributed by atoms with E-state index in [1.165, 1.54) is 18.4 Å². The normalized spacial score (nSPS) is 14.4. The summed E-state index contributed by atoms with van der Waals surface area (Å²) in [6.45, 7) is 3.47. The molecule has 152 valence electrons. The van der Waals surface area contributed by atoms with Crippen LogP contribution in [-0.2, 0) is 0 Å². The Balaban J connectivity index is 0.00000280. The maximum absolute atomic E-state index is 13.1. The monoisotopic (exact) mass is 502 g/mol. The van der Waals surface area contributed by atoms with E-state index in [9.17, 15) is 9.18 Å². The predicted octanol–water partition coefficient (Wildman–Crippen LogP) is 2.45. The van der Waals surface area contributed by atoms with Crippen LogP contribution in [0.3, 0.4) is 0 Å². The van der Waals surface area contributed by atoms with Crippen LogP contribution in [0, 0.1) is 5.82 Å². The Labute approximate surface area is 180 Å². The van der Waals surface area contributed by atoms with Gasteiger partial charge in [0.25, 0.3) is 5.91 Å². The molecule has 28 heavy (non-hydrogen) atoms. The number of aliphatic imine (C=N–C) groups is 1. The third kappa shape index (κ3) is 5.85. The van der Waals surface area contributed by atoms with Crippen LogP contribution in [0.2, 0.25) is 0 Å². The number of furan rings is 1. The number of halogens is 2. The quantitative estimate of drug-likeness (QED) is 0.295. The Morgan fingerprint density at radius 2 is 1.96 bits per heavy atom. The van der Waals surface area contributed by atoms with Gasteiger partial charge in [-0.05, 0) is 24.3 Å². The first-order valence-corrected chi connectivity index (χ1v) is 8.84. The van der Waals surface area contributed by atoms with Gasteiger partial charge in [0.2, 0.25) is 0 Å². The molecule has 0 saturated carbocycles. The highest BCUT2D eigenvalue weighted by atomic mass is 127. The van der Waals surface area contributed by atoms with Crippen molar-refractivity contribution in [2.45, 2.75) is 0 Å². The first-order valence-electron chi connectivity index (χ1n) is 8.84. The molecule has 1 aromatic heterocycles. The van der Waals surface area contributed by atoms with Crippen molar-refractivity contribution in [3.8, 4) is 5.75 Å². The highest BCUT2D eigenvalue weighted by Crippen LogP contribution is 2.12. The molecule has 7 nitrogen and oxygen atoms in total. The van der Waals surface area contributed by atoms with Gasteiger partial charge in [0, 0.05) is 39.3 Å². The van der Waals surface area contributed by atoms with Gasteiger partial charge in [0.1, 0.15) is 18.2 Å². The molecule has 1 saturated heterocycles. The molecule has 1 aliphatic heterocycles. The smallest absolute Gasteiger partial charge is 0.289 e. The number of carbonyl (C=O) groups excluding carboxylic acids is 1. The van der Waals surface area contributed by atoms with E-state index in [0.29, 0.717) is 50.8 Å². The highest BCUT2D eigenvalue weighted by molar-refractivity contribution is 14.0. The number of nitrogens with zero attached hydrogens (tertiary/aromatic N) is 3. The van der Waals surface area contributed by atoms with Gasteiger partial charge in [0.05, 0.1) is 12.8 Å². The number of hydrogen-bond donors (Lipinski definition) is 1. The zero-order valence-corrected chi connectivity index (χ0v) is 18.0. The minimum atomic E-state index is -0.321. The summed E-state index contributed by atoms with van der Waals surface area (Å²) in [4.78, 5) is 20.5. The lowest BCUT2D eigenvalue weighted by molar-refractivity contribution is 0.0657. The third-order valence-corrected chi connectivity index (χ3v) is 4.26. The van der Waals surface area contributed by atoms with Gasteiger partial charge in [-0.2, -0.15) is 0 Å². The molecule has 1 amide bonds. The summed E-state index contributed by atoms with van der Waals surface area (Å²) in [6, 6.07) is 9.44. The SMILES string of the molecule is CN=C(NCCOc1cccc(F)c1)N1CCN(C(=O)c2ccco2)CC1.I. The Kier molecular flexibility index (Phi) is 8.55. The van der Waals surface area contributed by atoms with Gasteiger partial charge in [-0.3, -0.25) is 9.79 Å². The van der Waals surface area contributed by atoms with Gasteiger partial charge in [-0.15, -0.1) is 24.0 Å². The number of ether oxygens (including phenoxy) is 1. The largest absolute Gasteiger partial charge is 0.492 e. The fraction of sp³-hybridized carbons (Fsp3) is 0.368. The van der Waals surface area contributed by atoms with Gasteiger partial charge >= 0.3 is 0 Å². The molecule has 3 rings (SSSR count). The minimum Gasteiger partial charge on any atom is -0.492 e. The molecule has 2 aromatic rings. The zero-order chi connectivity index (χ0) is 19.1. The average Bonchev–Trinajstić information content (AvgIpc) is 3.23. The van der Waals surface area contributed by atoms with E-state index in [-0.39, 0.29) is 35.7 Å². The molecule has 1 aromatic carbocycles. The van der Waals surface area contributed by atoms with Crippen molar-refractivity contribution < 1.29 is 18.3 Å². The molecule has 0 spiro atoms. The highest BCUT2D eigenvalue weighted by Gasteiger charge is 2.25. The first-order chi connectivity index (χ1) is 13.2. The lowest BCUT2D eigenvalue weighted by Gasteiger charge is -2.36. The molecular formula is C19H24FIN4O3. The number of guanidine groups is 1. The fourth-order valence-corrected chi connectivity index (χ4v) is 2.90. The summed E-state index contributed by atoms with van der Waals surface area (Å²) in [5, 5.41) is 3.23. The van der Waals surface area contributed by atoms with E-state index in [2.05, 4.69) is 15.2 Å². The molecule has 2 heterocycles. The number of rotatable bonds is 5. The number of carbonyl (C=O) groups is 1. The van der Waals surface area contributed by atoms with Crippen LogP contribution in [0.25, 0.3) is 0 Å². The van der Waals surface area contributed by atoms with E-state index < -0.39 is 0 Å². The molecule has 1 aliphatic rings. The molecule has 1 fully saturated rings. The fourth-order valence-electron chi connectivity index (χ4n) is 2.90. The first kappa shape index (κ1) is 22.0.